The van der Waals surface area contributed by atoms with E-state index in [1.165, 1.54) is 0 Å². The Morgan fingerprint density at radius 1 is 1.26 bits per heavy atom. The van der Waals surface area contributed by atoms with Crippen molar-refractivity contribution in [3.63, 3.8) is 0 Å². The van der Waals surface area contributed by atoms with Crippen molar-refractivity contribution in [2.45, 2.75) is 44.2 Å². The molecular weight excluding hydrogens is 260 g/mol. The molecule has 0 aliphatic carbocycles. The van der Waals surface area contributed by atoms with E-state index in [0.29, 0.717) is 17.0 Å². The Kier molecular flexibility index (Phi) is 9.69. The topological polar surface area (TPSA) is 69.4 Å². The lowest BCUT2D eigenvalue weighted by Crippen LogP contribution is -2.30. The lowest BCUT2D eigenvalue weighted by molar-refractivity contribution is 0.265. The van der Waals surface area contributed by atoms with Crippen molar-refractivity contribution in [2.24, 2.45) is 5.73 Å². The van der Waals surface area contributed by atoms with Crippen LogP contribution in [0.5, 0.6) is 0 Å². The van der Waals surface area contributed by atoms with Crippen molar-refractivity contribution in [1.82, 2.24) is 4.90 Å². The first-order valence-corrected chi connectivity index (χ1v) is 7.52. The molecule has 5 heteroatoms. The van der Waals surface area contributed by atoms with Gasteiger partial charge in [-0.3, -0.25) is 4.21 Å². The quantitative estimate of drug-likeness (QED) is 0.840. The molecule has 0 aromatic heterocycles. The summed E-state index contributed by atoms with van der Waals surface area (Å²) in [5, 5.41) is 0. The molecular formula is C14H25N2O2S-. The van der Waals surface area contributed by atoms with Crippen LogP contribution in [0.2, 0.25) is 0 Å². The molecule has 4 nitrogen and oxygen atoms in total. The number of hydrogen-bond acceptors (Lipinski definition) is 4. The highest BCUT2D eigenvalue weighted by atomic mass is 32.2. The molecule has 1 aromatic rings. The first-order chi connectivity index (χ1) is 8.84. The highest BCUT2D eigenvalue weighted by molar-refractivity contribution is 7.79. The van der Waals surface area contributed by atoms with Gasteiger partial charge in [-0.25, -0.2) is 0 Å². The van der Waals surface area contributed by atoms with E-state index >= 15 is 0 Å². The van der Waals surface area contributed by atoms with Gasteiger partial charge in [0, 0.05) is 17.0 Å². The number of nitrogens with two attached hydrogens (primary N) is 1. The lowest BCUT2D eigenvalue weighted by atomic mass is 10.2. The molecule has 0 fully saturated rings. The monoisotopic (exact) mass is 285 g/mol. The van der Waals surface area contributed by atoms with E-state index in [1.54, 1.807) is 30.3 Å². The number of rotatable bonds is 5. The molecule has 0 bridgehead atoms. The normalized spacial score (nSPS) is 13.9. The van der Waals surface area contributed by atoms with Crippen LogP contribution in [-0.2, 0) is 11.1 Å². The maximum atomic E-state index is 10.2. The SMILES string of the molecule is CC(N)CCN(C)C(C)C.O=S([O-])c1ccccc1. The minimum Gasteiger partial charge on any atom is -0.768 e. The van der Waals surface area contributed by atoms with Crippen LogP contribution in [-0.4, -0.2) is 39.3 Å². The van der Waals surface area contributed by atoms with Crippen molar-refractivity contribution in [3.05, 3.63) is 30.3 Å². The van der Waals surface area contributed by atoms with Gasteiger partial charge in [-0.1, -0.05) is 18.2 Å². The predicted octanol–water partition coefficient (Wildman–Crippen LogP) is 1.99. The van der Waals surface area contributed by atoms with Crippen LogP contribution in [0.3, 0.4) is 0 Å². The van der Waals surface area contributed by atoms with E-state index in [0.717, 1.165) is 13.0 Å². The van der Waals surface area contributed by atoms with E-state index in [4.69, 9.17) is 5.73 Å². The summed E-state index contributed by atoms with van der Waals surface area (Å²) < 4.78 is 20.4. The molecule has 1 rings (SSSR count). The van der Waals surface area contributed by atoms with Gasteiger partial charge in [-0.2, -0.15) is 0 Å². The third-order valence-corrected chi connectivity index (χ3v) is 3.41. The van der Waals surface area contributed by atoms with Gasteiger partial charge >= 0.3 is 0 Å². The summed E-state index contributed by atoms with van der Waals surface area (Å²) in [6, 6.07) is 9.21. The Labute approximate surface area is 119 Å². The fourth-order valence-corrected chi connectivity index (χ4v) is 1.58. The zero-order valence-electron chi connectivity index (χ0n) is 12.2. The average Bonchev–Trinajstić information content (AvgIpc) is 2.37. The van der Waals surface area contributed by atoms with Crippen LogP contribution in [0.4, 0.5) is 0 Å². The number of hydrogen-bond donors (Lipinski definition) is 1. The smallest absolute Gasteiger partial charge is 0.0248 e. The number of nitrogens with zero attached hydrogens (tertiary/aromatic N) is 1. The first-order valence-electron chi connectivity index (χ1n) is 6.44. The molecule has 2 N–H and O–H groups in total. The van der Waals surface area contributed by atoms with Crippen molar-refractivity contribution >= 4 is 11.1 Å². The van der Waals surface area contributed by atoms with E-state index in [9.17, 15) is 8.76 Å². The standard InChI is InChI=1S/C8H20N2.C6H6O2S/c1-7(2)10(4)6-5-8(3)9;7-9(8)6-4-2-1-3-5-6/h7-8H,5-6,9H2,1-4H3;1-5H,(H,7,8)/p-1. The highest BCUT2D eigenvalue weighted by Gasteiger charge is 2.02. The summed E-state index contributed by atoms with van der Waals surface area (Å²) in [4.78, 5) is 2.64. The van der Waals surface area contributed by atoms with E-state index in [2.05, 4.69) is 25.8 Å². The third kappa shape index (κ3) is 9.78. The van der Waals surface area contributed by atoms with Crippen LogP contribution in [0.25, 0.3) is 0 Å². The van der Waals surface area contributed by atoms with Gasteiger partial charge in [0.25, 0.3) is 0 Å². The molecule has 1 aromatic carbocycles. The van der Waals surface area contributed by atoms with Crippen molar-refractivity contribution in [3.8, 4) is 0 Å². The van der Waals surface area contributed by atoms with Gasteiger partial charge in [-0.05, 0) is 64.0 Å². The molecule has 2 atom stereocenters. The molecule has 19 heavy (non-hydrogen) atoms. The summed E-state index contributed by atoms with van der Waals surface area (Å²) in [6.07, 6.45) is 1.09. The van der Waals surface area contributed by atoms with Crippen molar-refractivity contribution < 1.29 is 8.76 Å². The Morgan fingerprint density at radius 2 is 1.79 bits per heavy atom. The second kappa shape index (κ2) is 10.1. The number of benzene rings is 1. The van der Waals surface area contributed by atoms with Crippen molar-refractivity contribution in [2.75, 3.05) is 13.6 Å². The Balaban J connectivity index is 0.000000342. The Morgan fingerprint density at radius 3 is 2.11 bits per heavy atom. The maximum Gasteiger partial charge on any atom is 0.0248 e. The fourth-order valence-electron chi connectivity index (χ4n) is 1.20. The third-order valence-electron chi connectivity index (χ3n) is 2.75. The lowest BCUT2D eigenvalue weighted by Gasteiger charge is -2.21. The van der Waals surface area contributed by atoms with Crippen molar-refractivity contribution in [1.29, 1.82) is 0 Å². The molecule has 0 aliphatic heterocycles. The van der Waals surface area contributed by atoms with Crippen LogP contribution in [0.1, 0.15) is 27.2 Å². The Bertz CT molecular complexity index is 356. The fraction of sp³-hybridized carbons (Fsp3) is 0.571. The first kappa shape index (κ1) is 18.2. The van der Waals surface area contributed by atoms with Gasteiger partial charge in [-0.15, -0.1) is 0 Å². The van der Waals surface area contributed by atoms with Gasteiger partial charge in [0.1, 0.15) is 0 Å². The van der Waals surface area contributed by atoms with E-state index in [-0.39, 0.29) is 0 Å². The minimum absolute atomic E-state index is 0.331. The molecule has 0 heterocycles. The Hall–Kier alpha value is -0.750. The van der Waals surface area contributed by atoms with Crippen LogP contribution >= 0.6 is 0 Å². The summed E-state index contributed by atoms with van der Waals surface area (Å²) in [5.41, 5.74) is 5.61. The summed E-state index contributed by atoms with van der Waals surface area (Å²) in [5.74, 6) is 0. The second-order valence-corrected chi connectivity index (χ2v) is 5.83. The van der Waals surface area contributed by atoms with Gasteiger partial charge < -0.3 is 15.2 Å². The van der Waals surface area contributed by atoms with Gasteiger partial charge in [0.15, 0.2) is 0 Å². The molecule has 0 radical (unpaired) electrons. The minimum atomic E-state index is -2.08. The summed E-state index contributed by atoms with van der Waals surface area (Å²) >= 11 is -2.08. The summed E-state index contributed by atoms with van der Waals surface area (Å²) in [6.45, 7) is 7.55. The largest absolute Gasteiger partial charge is 0.768 e. The molecule has 0 saturated heterocycles. The molecule has 2 unspecified atom stereocenters. The van der Waals surface area contributed by atoms with Crippen LogP contribution in [0.15, 0.2) is 35.2 Å². The molecule has 0 spiro atoms. The van der Waals surface area contributed by atoms with Crippen LogP contribution in [0, 0.1) is 0 Å². The molecule has 0 amide bonds. The zero-order valence-corrected chi connectivity index (χ0v) is 13.0. The molecule has 0 saturated carbocycles. The zero-order chi connectivity index (χ0) is 14.8. The van der Waals surface area contributed by atoms with E-state index in [1.807, 2.05) is 6.92 Å². The predicted molar refractivity (Wildman–Crippen MR) is 79.7 cm³/mol. The highest BCUT2D eigenvalue weighted by Crippen LogP contribution is 2.00. The van der Waals surface area contributed by atoms with Gasteiger partial charge in [0.05, 0.1) is 0 Å². The second-order valence-electron chi connectivity index (χ2n) is 4.89. The van der Waals surface area contributed by atoms with E-state index < -0.39 is 11.1 Å². The molecule has 110 valence electrons. The summed E-state index contributed by atoms with van der Waals surface area (Å²) in [7, 11) is 2.13. The van der Waals surface area contributed by atoms with Gasteiger partial charge in [0.2, 0.25) is 0 Å². The average molecular weight is 285 g/mol. The molecule has 0 aliphatic rings. The maximum absolute atomic E-state index is 10.2. The van der Waals surface area contributed by atoms with Crippen LogP contribution < -0.4 is 5.73 Å².